The van der Waals surface area contributed by atoms with E-state index in [1.165, 1.54) is 12.8 Å². The Morgan fingerprint density at radius 2 is 1.34 bits per heavy atom. The Morgan fingerprint density at radius 3 is 1.76 bits per heavy atom. The van der Waals surface area contributed by atoms with Crippen molar-refractivity contribution in [3.8, 4) is 0 Å². The van der Waals surface area contributed by atoms with Crippen molar-refractivity contribution in [2.24, 2.45) is 5.41 Å². The molecule has 0 radical (unpaired) electrons. The van der Waals surface area contributed by atoms with E-state index in [0.29, 0.717) is 24.1 Å². The van der Waals surface area contributed by atoms with E-state index in [-0.39, 0.29) is 16.3 Å². The van der Waals surface area contributed by atoms with Gasteiger partial charge in [-0.3, -0.25) is 4.79 Å². The van der Waals surface area contributed by atoms with Crippen LogP contribution in [-0.4, -0.2) is 46.7 Å². The summed E-state index contributed by atoms with van der Waals surface area (Å²) >= 11 is 0. The van der Waals surface area contributed by atoms with E-state index in [2.05, 4.69) is 63.9 Å². The summed E-state index contributed by atoms with van der Waals surface area (Å²) in [4.78, 5) is 12.2. The van der Waals surface area contributed by atoms with Crippen LogP contribution in [0.25, 0.3) is 0 Å². The molecular formula is C23H48B4O2. The SMILES string of the molecule is BB(C1CCC1B(B)C(C)(C)CCOC(C)(C)CCC(=O)C(C)(C)C)C(C)(C)C. The zero-order valence-corrected chi connectivity index (χ0v) is 21.9. The van der Waals surface area contributed by atoms with Crippen molar-refractivity contribution in [1.29, 1.82) is 0 Å². The van der Waals surface area contributed by atoms with Crippen molar-refractivity contribution in [1.82, 2.24) is 0 Å². The zero-order valence-electron chi connectivity index (χ0n) is 21.9. The van der Waals surface area contributed by atoms with Gasteiger partial charge in [0.2, 0.25) is 0 Å². The van der Waals surface area contributed by atoms with Gasteiger partial charge >= 0.3 is 0 Å². The van der Waals surface area contributed by atoms with Gasteiger partial charge in [-0.25, -0.2) is 0 Å². The van der Waals surface area contributed by atoms with Gasteiger partial charge in [0.1, 0.15) is 19.0 Å². The van der Waals surface area contributed by atoms with Crippen molar-refractivity contribution < 1.29 is 9.53 Å². The second-order valence-electron chi connectivity index (χ2n) is 13.4. The second kappa shape index (κ2) is 9.58. The van der Waals surface area contributed by atoms with E-state index in [1.807, 2.05) is 20.8 Å². The number of ether oxygens (including phenoxy) is 1. The van der Waals surface area contributed by atoms with E-state index in [9.17, 15) is 4.79 Å². The van der Waals surface area contributed by atoms with Crippen LogP contribution < -0.4 is 0 Å². The summed E-state index contributed by atoms with van der Waals surface area (Å²) in [5.41, 5.74) is -0.489. The molecule has 0 amide bonds. The monoisotopic (exact) mass is 400 g/mol. The summed E-state index contributed by atoms with van der Waals surface area (Å²) in [6.07, 6.45) is 5.27. The van der Waals surface area contributed by atoms with Gasteiger partial charge in [0, 0.05) is 18.4 Å². The van der Waals surface area contributed by atoms with Crippen LogP contribution in [0.15, 0.2) is 0 Å². The standard InChI is InChI=1S/C23H48B4O2/c1-20(2,3)19(28)13-14-23(9,10)29-16-15-22(7,8)27(25)18-12-11-17(18)26(24)21(4,5)6/h17-18H,11-16,24-25H2,1-10H3. The molecule has 1 aliphatic carbocycles. The van der Waals surface area contributed by atoms with Gasteiger partial charge in [0.15, 0.2) is 0 Å². The van der Waals surface area contributed by atoms with Crippen LogP contribution in [0.4, 0.5) is 0 Å². The lowest BCUT2D eigenvalue weighted by Crippen LogP contribution is -2.47. The van der Waals surface area contributed by atoms with Gasteiger partial charge in [-0.1, -0.05) is 90.5 Å². The first-order valence-electron chi connectivity index (χ1n) is 12.1. The highest BCUT2D eigenvalue weighted by Crippen LogP contribution is 2.56. The number of hydrogen-bond acceptors (Lipinski definition) is 2. The molecule has 0 bridgehead atoms. The molecule has 0 aromatic heterocycles. The predicted molar refractivity (Wildman–Crippen MR) is 137 cm³/mol. The number of rotatable bonds is 10. The minimum absolute atomic E-state index is 0.236. The molecule has 29 heavy (non-hydrogen) atoms. The quantitative estimate of drug-likeness (QED) is 0.487. The molecule has 0 heterocycles. The molecule has 1 aliphatic rings. The summed E-state index contributed by atoms with van der Waals surface area (Å²) in [7, 11) is 4.93. The maximum absolute atomic E-state index is 12.2. The predicted octanol–water partition coefficient (Wildman–Crippen LogP) is 4.93. The Kier molecular flexibility index (Phi) is 8.89. The topological polar surface area (TPSA) is 26.3 Å². The van der Waals surface area contributed by atoms with Gasteiger partial charge in [-0.15, -0.1) is 0 Å². The number of carbonyl (C=O) groups excluding carboxylic acids is 1. The molecule has 1 rings (SSSR count). The third kappa shape index (κ3) is 7.82. The molecule has 0 aliphatic heterocycles. The van der Waals surface area contributed by atoms with E-state index >= 15 is 0 Å². The molecule has 2 unspecified atom stereocenters. The minimum Gasteiger partial charge on any atom is -0.376 e. The Labute approximate surface area is 185 Å². The molecular weight excluding hydrogens is 351 g/mol. The van der Waals surface area contributed by atoms with Crippen LogP contribution >= 0.6 is 0 Å². The van der Waals surface area contributed by atoms with Crippen LogP contribution in [-0.2, 0) is 9.53 Å². The van der Waals surface area contributed by atoms with Gasteiger partial charge in [-0.05, 0) is 26.7 Å². The van der Waals surface area contributed by atoms with Crippen LogP contribution in [0.2, 0.25) is 22.3 Å². The second-order valence-corrected chi connectivity index (χ2v) is 13.4. The normalized spacial score (nSPS) is 20.9. The summed E-state index contributed by atoms with van der Waals surface area (Å²) < 4.78 is 6.29. The first-order chi connectivity index (χ1) is 12.9. The third-order valence-electron chi connectivity index (χ3n) is 8.30. The lowest BCUT2D eigenvalue weighted by molar-refractivity contribution is -0.128. The van der Waals surface area contributed by atoms with E-state index in [0.717, 1.165) is 37.7 Å². The summed E-state index contributed by atoms with van der Waals surface area (Å²) in [6, 6.07) is 0. The Morgan fingerprint density at radius 1 is 0.862 bits per heavy atom. The molecule has 164 valence electrons. The lowest BCUT2D eigenvalue weighted by atomic mass is 9.04. The molecule has 0 aromatic rings. The first kappa shape index (κ1) is 26.9. The molecule has 0 aromatic carbocycles. The number of ketones is 1. The van der Waals surface area contributed by atoms with Crippen LogP contribution in [0.3, 0.4) is 0 Å². The molecule has 2 nitrogen and oxygen atoms in total. The molecule has 1 saturated carbocycles. The van der Waals surface area contributed by atoms with Crippen molar-refractivity contribution in [3.05, 3.63) is 0 Å². The van der Waals surface area contributed by atoms with Crippen molar-refractivity contribution in [3.63, 3.8) is 0 Å². The highest BCUT2D eigenvalue weighted by Gasteiger charge is 2.47. The fraction of sp³-hybridized carbons (Fsp3) is 0.957. The average molecular weight is 400 g/mol. The maximum Gasteiger partial charge on any atom is 0.138 e. The summed E-state index contributed by atoms with van der Waals surface area (Å²) in [5, 5.41) is 0.670. The van der Waals surface area contributed by atoms with E-state index in [4.69, 9.17) is 4.74 Å². The Hall–Kier alpha value is -0.110. The van der Waals surface area contributed by atoms with Crippen molar-refractivity contribution in [2.45, 2.75) is 129 Å². The summed E-state index contributed by atoms with van der Waals surface area (Å²) in [5.74, 6) is 2.04. The third-order valence-corrected chi connectivity index (χ3v) is 8.30. The molecule has 0 saturated heterocycles. The largest absolute Gasteiger partial charge is 0.376 e. The van der Waals surface area contributed by atoms with Crippen molar-refractivity contribution >= 4 is 34.5 Å². The molecule has 6 heteroatoms. The number of hydrogen-bond donors (Lipinski definition) is 0. The minimum atomic E-state index is -0.253. The van der Waals surface area contributed by atoms with Gasteiger partial charge in [-0.2, -0.15) is 0 Å². The van der Waals surface area contributed by atoms with Crippen LogP contribution in [0.1, 0.15) is 101 Å². The molecule has 0 N–H and O–H groups in total. The highest BCUT2D eigenvalue weighted by molar-refractivity contribution is 7.10. The van der Waals surface area contributed by atoms with E-state index < -0.39 is 0 Å². The maximum atomic E-state index is 12.2. The highest BCUT2D eigenvalue weighted by atomic mass is 16.5. The zero-order chi connectivity index (χ0) is 22.8. The average Bonchev–Trinajstić information content (AvgIpc) is 2.49. The van der Waals surface area contributed by atoms with Crippen LogP contribution in [0, 0.1) is 5.41 Å². The van der Waals surface area contributed by atoms with Gasteiger partial charge in [0.05, 0.1) is 21.1 Å². The molecule has 2 atom stereocenters. The summed E-state index contributed by atoms with van der Waals surface area (Å²) in [6.45, 7) is 24.6. The Balaban J connectivity index is 2.54. The fourth-order valence-corrected chi connectivity index (χ4v) is 4.69. The van der Waals surface area contributed by atoms with Gasteiger partial charge < -0.3 is 4.74 Å². The Bertz CT molecular complexity index is 546. The number of Topliss-reactive ketones (excluding diaryl/α,β-unsaturated/α-hetero) is 1. The van der Waals surface area contributed by atoms with Gasteiger partial charge in [0.25, 0.3) is 0 Å². The lowest BCUT2D eigenvalue weighted by Gasteiger charge is -2.50. The molecule has 0 spiro atoms. The van der Waals surface area contributed by atoms with Crippen molar-refractivity contribution in [2.75, 3.05) is 6.61 Å². The van der Waals surface area contributed by atoms with E-state index in [1.54, 1.807) is 0 Å². The molecule has 1 fully saturated rings. The first-order valence-corrected chi connectivity index (χ1v) is 12.1. The number of carbonyl (C=O) groups is 1. The smallest absolute Gasteiger partial charge is 0.138 e. The van der Waals surface area contributed by atoms with Crippen LogP contribution in [0.5, 0.6) is 0 Å². The fourth-order valence-electron chi connectivity index (χ4n) is 4.69.